The van der Waals surface area contributed by atoms with Crippen molar-refractivity contribution < 1.29 is 4.74 Å². The van der Waals surface area contributed by atoms with Crippen molar-refractivity contribution in [2.45, 2.75) is 0 Å². The molecule has 0 fully saturated rings. The lowest BCUT2D eigenvalue weighted by Gasteiger charge is -2.21. The Balaban J connectivity index is 1.23. The van der Waals surface area contributed by atoms with Gasteiger partial charge < -0.3 is 4.74 Å². The normalized spacial score (nSPS) is 12.0. The largest absolute Gasteiger partial charge is 0.456 e. The Labute approximate surface area is 245 Å². The Morgan fingerprint density at radius 1 is 0.452 bits per heavy atom. The Hall–Kier alpha value is -5.39. The van der Waals surface area contributed by atoms with Crippen molar-refractivity contribution in [3.8, 4) is 56.8 Å². The first-order chi connectivity index (χ1) is 20.8. The van der Waals surface area contributed by atoms with Gasteiger partial charge >= 0.3 is 0 Å². The highest BCUT2D eigenvalue weighted by Gasteiger charge is 2.21. The Bertz CT molecular complexity index is 2340. The minimum Gasteiger partial charge on any atom is -0.456 e. The van der Waals surface area contributed by atoms with Gasteiger partial charge in [0.25, 0.3) is 0 Å². The van der Waals surface area contributed by atoms with Crippen LogP contribution in [0.3, 0.4) is 0 Å². The number of aromatic nitrogens is 3. The van der Waals surface area contributed by atoms with Gasteiger partial charge in [0.1, 0.15) is 11.5 Å². The molecule has 3 heterocycles. The molecule has 2 aromatic heterocycles. The molecule has 4 nitrogen and oxygen atoms in total. The van der Waals surface area contributed by atoms with Crippen LogP contribution in [0.2, 0.25) is 0 Å². The van der Waals surface area contributed by atoms with Crippen LogP contribution in [0, 0.1) is 0 Å². The quantitative estimate of drug-likeness (QED) is 0.218. The van der Waals surface area contributed by atoms with Crippen molar-refractivity contribution in [2.24, 2.45) is 0 Å². The van der Waals surface area contributed by atoms with E-state index in [1.165, 1.54) is 20.2 Å². The van der Waals surface area contributed by atoms with Gasteiger partial charge in [-0.05, 0) is 47.3 Å². The van der Waals surface area contributed by atoms with Crippen LogP contribution in [0.4, 0.5) is 0 Å². The molecule has 0 bridgehead atoms. The highest BCUT2D eigenvalue weighted by molar-refractivity contribution is 7.25. The maximum absolute atomic E-state index is 6.34. The van der Waals surface area contributed by atoms with E-state index in [0.29, 0.717) is 17.5 Å². The highest BCUT2D eigenvalue weighted by atomic mass is 32.1. The van der Waals surface area contributed by atoms with Crippen LogP contribution < -0.4 is 4.74 Å². The van der Waals surface area contributed by atoms with E-state index in [1.54, 1.807) is 11.3 Å². The second-order valence-electron chi connectivity index (χ2n) is 10.5. The number of hydrogen-bond donors (Lipinski definition) is 0. The van der Waals surface area contributed by atoms with Gasteiger partial charge in [-0.25, -0.2) is 15.0 Å². The van der Waals surface area contributed by atoms with Crippen LogP contribution in [0.5, 0.6) is 11.5 Å². The zero-order valence-electron chi connectivity index (χ0n) is 22.3. The second-order valence-corrected chi connectivity index (χ2v) is 11.5. The third kappa shape index (κ3) is 3.64. The molecule has 196 valence electrons. The molecule has 0 amide bonds. The maximum atomic E-state index is 6.34. The van der Waals surface area contributed by atoms with Gasteiger partial charge in [-0.15, -0.1) is 11.3 Å². The van der Waals surface area contributed by atoms with E-state index in [1.807, 2.05) is 54.6 Å². The van der Waals surface area contributed by atoms with E-state index < -0.39 is 0 Å². The Morgan fingerprint density at radius 2 is 1.14 bits per heavy atom. The number of fused-ring (bicyclic) bond motifs is 5. The summed E-state index contributed by atoms with van der Waals surface area (Å²) < 4.78 is 8.83. The monoisotopic (exact) mass is 555 g/mol. The molecule has 0 saturated carbocycles. The van der Waals surface area contributed by atoms with Crippen molar-refractivity contribution in [1.29, 1.82) is 0 Å². The van der Waals surface area contributed by atoms with Gasteiger partial charge in [0.05, 0.1) is 0 Å². The van der Waals surface area contributed by atoms with Gasteiger partial charge in [0, 0.05) is 47.8 Å². The molecule has 5 heteroatoms. The molecule has 8 aromatic rings. The molecule has 0 aliphatic carbocycles. The molecule has 42 heavy (non-hydrogen) atoms. The third-order valence-corrected chi connectivity index (χ3v) is 9.05. The molecule has 0 radical (unpaired) electrons. The van der Waals surface area contributed by atoms with Crippen molar-refractivity contribution in [1.82, 2.24) is 15.0 Å². The lowest BCUT2D eigenvalue weighted by atomic mass is 9.93. The van der Waals surface area contributed by atoms with Gasteiger partial charge in [0.15, 0.2) is 17.5 Å². The zero-order chi connectivity index (χ0) is 27.6. The highest BCUT2D eigenvalue weighted by Crippen LogP contribution is 2.47. The first-order valence-electron chi connectivity index (χ1n) is 13.9. The molecular formula is C37H21N3OS. The molecular weight excluding hydrogens is 534 g/mol. The predicted molar refractivity (Wildman–Crippen MR) is 172 cm³/mol. The summed E-state index contributed by atoms with van der Waals surface area (Å²) in [6.45, 7) is 0. The molecule has 1 aliphatic heterocycles. The molecule has 0 unspecified atom stereocenters. The molecule has 0 atom stereocenters. The van der Waals surface area contributed by atoms with Crippen molar-refractivity contribution in [2.75, 3.05) is 0 Å². The average Bonchev–Trinajstić information content (AvgIpc) is 3.43. The molecule has 9 rings (SSSR count). The van der Waals surface area contributed by atoms with Crippen LogP contribution in [-0.2, 0) is 0 Å². The minimum absolute atomic E-state index is 0.629. The van der Waals surface area contributed by atoms with Gasteiger partial charge in [-0.2, -0.15) is 0 Å². The van der Waals surface area contributed by atoms with E-state index in [-0.39, 0.29) is 0 Å². The smallest absolute Gasteiger partial charge is 0.164 e. The third-order valence-electron chi connectivity index (χ3n) is 7.92. The topological polar surface area (TPSA) is 47.9 Å². The van der Waals surface area contributed by atoms with E-state index >= 15 is 0 Å². The lowest BCUT2D eigenvalue weighted by Crippen LogP contribution is -2.01. The number of hydrogen-bond acceptors (Lipinski definition) is 5. The molecule has 1 aliphatic rings. The number of benzene rings is 6. The first kappa shape index (κ1) is 23.3. The van der Waals surface area contributed by atoms with Crippen molar-refractivity contribution in [3.05, 3.63) is 127 Å². The fourth-order valence-corrected chi connectivity index (χ4v) is 7.06. The van der Waals surface area contributed by atoms with Crippen LogP contribution >= 0.6 is 11.3 Å². The maximum Gasteiger partial charge on any atom is 0.164 e. The standard InChI is InChI=1S/C37H21N3OS/c1-2-8-23(9-3-1)35-38-36(40-37(39-35)25-16-18-27-26-12-4-5-15-32(26)42-33(27)21-25)24-17-19-30-29(20-24)28-13-6-10-22-11-7-14-31(41-30)34(22)28/h1-21H. The fraction of sp³-hybridized carbons (Fsp3) is 0. The summed E-state index contributed by atoms with van der Waals surface area (Å²) >= 11 is 1.79. The Morgan fingerprint density at radius 3 is 2.00 bits per heavy atom. The number of ether oxygens (including phenoxy) is 1. The van der Waals surface area contributed by atoms with Crippen LogP contribution in [-0.4, -0.2) is 15.0 Å². The van der Waals surface area contributed by atoms with Crippen molar-refractivity contribution in [3.63, 3.8) is 0 Å². The average molecular weight is 556 g/mol. The van der Waals surface area contributed by atoms with Crippen LogP contribution in [0.25, 0.3) is 76.2 Å². The van der Waals surface area contributed by atoms with Gasteiger partial charge in [0.2, 0.25) is 0 Å². The summed E-state index contributed by atoms with van der Waals surface area (Å²) in [7, 11) is 0. The summed E-state index contributed by atoms with van der Waals surface area (Å²) in [6.07, 6.45) is 0. The Kier molecular flexibility index (Phi) is 5.03. The van der Waals surface area contributed by atoms with E-state index in [4.69, 9.17) is 19.7 Å². The summed E-state index contributed by atoms with van der Waals surface area (Å²) in [5, 5.41) is 4.81. The molecule has 0 saturated heterocycles. The SMILES string of the molecule is c1ccc(-c2nc(-c3ccc4c(c3)-c3cccc5cccc(c35)O4)nc(-c3ccc4c(c3)sc3ccccc34)n2)cc1. The number of rotatable bonds is 3. The summed E-state index contributed by atoms with van der Waals surface area (Å²) in [5.41, 5.74) is 5.02. The van der Waals surface area contributed by atoms with Gasteiger partial charge in [-0.1, -0.05) is 91.0 Å². The zero-order valence-corrected chi connectivity index (χ0v) is 23.1. The number of thiophene rings is 1. The second kappa shape index (κ2) is 9.06. The van der Waals surface area contributed by atoms with Crippen molar-refractivity contribution >= 4 is 42.3 Å². The van der Waals surface area contributed by atoms with Crippen LogP contribution in [0.1, 0.15) is 0 Å². The minimum atomic E-state index is 0.629. The van der Waals surface area contributed by atoms with Gasteiger partial charge in [-0.3, -0.25) is 0 Å². The molecule has 0 N–H and O–H groups in total. The lowest BCUT2D eigenvalue weighted by molar-refractivity contribution is 0.487. The van der Waals surface area contributed by atoms with E-state index in [2.05, 4.69) is 72.8 Å². The predicted octanol–water partition coefficient (Wildman–Crippen LogP) is 10.2. The van der Waals surface area contributed by atoms with E-state index in [9.17, 15) is 0 Å². The summed E-state index contributed by atoms with van der Waals surface area (Å²) in [6, 6.07) is 43.9. The molecule has 6 aromatic carbocycles. The molecule has 0 spiro atoms. The van der Waals surface area contributed by atoms with Crippen LogP contribution in [0.15, 0.2) is 127 Å². The first-order valence-corrected chi connectivity index (χ1v) is 14.7. The number of nitrogens with zero attached hydrogens (tertiary/aromatic N) is 3. The summed E-state index contributed by atoms with van der Waals surface area (Å²) in [5.74, 6) is 3.64. The fourth-order valence-electron chi connectivity index (χ4n) is 5.92. The van der Waals surface area contributed by atoms with E-state index in [0.717, 1.165) is 50.1 Å². The summed E-state index contributed by atoms with van der Waals surface area (Å²) in [4.78, 5) is 15.0.